The Labute approximate surface area is 208 Å². The predicted molar refractivity (Wildman–Crippen MR) is 136 cm³/mol. The number of unbranched alkanes of at least 4 members (excludes halogenated alkanes) is 2. The van der Waals surface area contributed by atoms with Crippen molar-refractivity contribution in [2.45, 2.75) is 44.9 Å². The number of halogens is 2. The molecule has 5 rings (SSSR count). The molecule has 170 valence electrons. The van der Waals surface area contributed by atoms with Crippen molar-refractivity contribution in [3.8, 4) is 11.5 Å². The van der Waals surface area contributed by atoms with E-state index in [1.807, 2.05) is 48.5 Å². The smallest absolute Gasteiger partial charge is 0.213 e. The maximum atomic E-state index is 6.48. The van der Waals surface area contributed by atoms with Crippen molar-refractivity contribution in [2.75, 3.05) is 6.61 Å². The largest absolute Gasteiger partial charge is 0.494 e. The normalized spacial score (nSPS) is 18.9. The van der Waals surface area contributed by atoms with Gasteiger partial charge in [0.1, 0.15) is 11.5 Å². The zero-order valence-electron chi connectivity index (χ0n) is 18.5. The van der Waals surface area contributed by atoms with Gasteiger partial charge in [-0.15, -0.1) is 0 Å². The first-order valence-electron chi connectivity index (χ1n) is 11.4. The van der Waals surface area contributed by atoms with Crippen LogP contribution in [0.4, 0.5) is 0 Å². The van der Waals surface area contributed by atoms with Crippen LogP contribution < -0.4 is 9.47 Å². The maximum Gasteiger partial charge on any atom is 0.213 e. The Bertz CT molecular complexity index is 1150. The summed E-state index contributed by atoms with van der Waals surface area (Å²) in [7, 11) is 0. The van der Waals surface area contributed by atoms with Gasteiger partial charge in [-0.1, -0.05) is 59.4 Å². The fraction of sp³-hybridized carbons (Fsp3) is 0.296. The first-order valence-corrected chi connectivity index (χ1v) is 12.6. The fourth-order valence-electron chi connectivity index (χ4n) is 4.37. The van der Waals surface area contributed by atoms with Gasteiger partial charge in [0, 0.05) is 27.0 Å². The minimum absolute atomic E-state index is 0.104. The highest BCUT2D eigenvalue weighted by molar-refractivity contribution is 9.10. The lowest BCUT2D eigenvalue weighted by Crippen LogP contribution is -2.33. The number of rotatable bonds is 7. The molecule has 33 heavy (non-hydrogen) atoms. The summed E-state index contributed by atoms with van der Waals surface area (Å²) in [4.78, 5) is 0. The van der Waals surface area contributed by atoms with Crippen LogP contribution in [0.15, 0.2) is 76.3 Å². The Morgan fingerprint density at radius 1 is 1.06 bits per heavy atom. The Morgan fingerprint density at radius 3 is 2.61 bits per heavy atom. The van der Waals surface area contributed by atoms with Crippen molar-refractivity contribution >= 4 is 33.2 Å². The molecule has 0 N–H and O–H groups in total. The van der Waals surface area contributed by atoms with E-state index < -0.39 is 0 Å². The quantitative estimate of drug-likeness (QED) is 0.294. The summed E-state index contributed by atoms with van der Waals surface area (Å²) in [5.74, 6) is 1.79. The Balaban J connectivity index is 1.44. The number of benzene rings is 3. The van der Waals surface area contributed by atoms with Crippen LogP contribution in [0.1, 0.15) is 61.6 Å². The van der Waals surface area contributed by atoms with Crippen molar-refractivity contribution in [1.82, 2.24) is 5.01 Å². The second-order valence-electron chi connectivity index (χ2n) is 8.43. The van der Waals surface area contributed by atoms with E-state index in [1.165, 1.54) is 12.8 Å². The third-order valence-corrected chi connectivity index (χ3v) is 6.86. The van der Waals surface area contributed by atoms with Gasteiger partial charge in [0.05, 0.1) is 18.4 Å². The number of hydrogen-bond acceptors (Lipinski definition) is 4. The molecule has 0 aliphatic carbocycles. The minimum atomic E-state index is -0.303. The fourth-order valence-corrected chi connectivity index (χ4v) is 4.87. The second kappa shape index (κ2) is 9.78. The highest BCUT2D eigenvalue weighted by atomic mass is 79.9. The zero-order chi connectivity index (χ0) is 22.8. The molecule has 2 atom stereocenters. The van der Waals surface area contributed by atoms with E-state index in [-0.39, 0.29) is 12.3 Å². The average molecular weight is 526 g/mol. The van der Waals surface area contributed by atoms with E-state index in [9.17, 15) is 0 Å². The van der Waals surface area contributed by atoms with Gasteiger partial charge in [0.25, 0.3) is 0 Å². The van der Waals surface area contributed by atoms with Crippen LogP contribution in [0.5, 0.6) is 11.5 Å². The number of hydrazone groups is 1. The van der Waals surface area contributed by atoms with Gasteiger partial charge >= 0.3 is 0 Å². The summed E-state index contributed by atoms with van der Waals surface area (Å²) in [6.45, 7) is 2.95. The lowest BCUT2D eigenvalue weighted by molar-refractivity contribution is -0.0191. The molecule has 3 aromatic carbocycles. The Morgan fingerprint density at radius 2 is 1.85 bits per heavy atom. The monoisotopic (exact) mass is 524 g/mol. The highest BCUT2D eigenvalue weighted by Gasteiger charge is 2.41. The molecule has 6 heteroatoms. The van der Waals surface area contributed by atoms with Gasteiger partial charge < -0.3 is 9.47 Å². The number of nitrogens with zero attached hydrogens (tertiary/aromatic N) is 2. The van der Waals surface area contributed by atoms with E-state index in [0.29, 0.717) is 0 Å². The predicted octanol–water partition coefficient (Wildman–Crippen LogP) is 7.91. The number of ether oxygens (including phenoxy) is 2. The van der Waals surface area contributed by atoms with Gasteiger partial charge in [0.2, 0.25) is 6.23 Å². The van der Waals surface area contributed by atoms with Gasteiger partial charge in [-0.25, -0.2) is 5.01 Å². The van der Waals surface area contributed by atoms with Crippen molar-refractivity contribution in [3.05, 3.63) is 92.9 Å². The summed E-state index contributed by atoms with van der Waals surface area (Å²) < 4.78 is 13.4. The summed E-state index contributed by atoms with van der Waals surface area (Å²) >= 11 is 9.72. The highest BCUT2D eigenvalue weighted by Crippen LogP contribution is 2.48. The van der Waals surface area contributed by atoms with Crippen LogP contribution in [-0.2, 0) is 0 Å². The van der Waals surface area contributed by atoms with E-state index in [4.69, 9.17) is 26.2 Å². The third kappa shape index (κ3) is 4.75. The van der Waals surface area contributed by atoms with Crippen LogP contribution >= 0.6 is 27.5 Å². The molecule has 0 amide bonds. The summed E-state index contributed by atoms with van der Waals surface area (Å²) in [5.41, 5.74) is 4.31. The molecule has 0 saturated carbocycles. The van der Waals surface area contributed by atoms with Crippen molar-refractivity contribution < 1.29 is 9.47 Å². The molecular weight excluding hydrogens is 500 g/mol. The van der Waals surface area contributed by atoms with Crippen LogP contribution in [-0.4, -0.2) is 17.3 Å². The van der Waals surface area contributed by atoms with Gasteiger partial charge in [0.15, 0.2) is 0 Å². The van der Waals surface area contributed by atoms with Crippen LogP contribution in [0.3, 0.4) is 0 Å². The molecule has 0 saturated heterocycles. The Kier molecular flexibility index (Phi) is 6.61. The van der Waals surface area contributed by atoms with Crippen LogP contribution in [0, 0.1) is 0 Å². The van der Waals surface area contributed by atoms with Crippen LogP contribution in [0.2, 0.25) is 5.02 Å². The van der Waals surface area contributed by atoms with Crippen molar-refractivity contribution in [1.29, 1.82) is 0 Å². The molecule has 0 aromatic heterocycles. The van der Waals surface area contributed by atoms with E-state index >= 15 is 0 Å². The van der Waals surface area contributed by atoms with Crippen molar-refractivity contribution in [2.24, 2.45) is 5.10 Å². The summed E-state index contributed by atoms with van der Waals surface area (Å²) in [6, 6.07) is 22.4. The molecule has 0 fully saturated rings. The number of hydrogen-bond donors (Lipinski definition) is 0. The third-order valence-electron chi connectivity index (χ3n) is 6.11. The summed E-state index contributed by atoms with van der Waals surface area (Å²) in [6.07, 6.45) is 3.96. The molecule has 3 aromatic rings. The molecule has 2 heterocycles. The number of fused-ring (bicyclic) bond motifs is 3. The molecule has 4 nitrogen and oxygen atoms in total. The minimum Gasteiger partial charge on any atom is -0.494 e. The van der Waals surface area contributed by atoms with E-state index in [0.717, 1.165) is 62.8 Å². The zero-order valence-corrected chi connectivity index (χ0v) is 20.8. The molecule has 0 bridgehead atoms. The second-order valence-corrected chi connectivity index (χ2v) is 9.78. The van der Waals surface area contributed by atoms with E-state index in [2.05, 4.69) is 46.1 Å². The van der Waals surface area contributed by atoms with E-state index in [1.54, 1.807) is 0 Å². The molecule has 0 unspecified atom stereocenters. The first-order chi connectivity index (χ1) is 16.1. The average Bonchev–Trinajstić information content (AvgIpc) is 3.28. The standard InChI is InChI=1S/C27H26BrClN2O2/c1-2-3-4-15-32-22-12-7-19(8-13-22)27-31-25(23-16-20(28)9-14-26(23)33-27)17-24(30-31)18-5-10-21(29)11-6-18/h5-14,16,25,27H,2-4,15,17H2,1H3/t25-,27+/m0/s1. The van der Waals surface area contributed by atoms with Crippen LogP contribution in [0.25, 0.3) is 0 Å². The summed E-state index contributed by atoms with van der Waals surface area (Å²) in [5, 5.41) is 7.84. The lowest BCUT2D eigenvalue weighted by Gasteiger charge is -2.38. The first kappa shape index (κ1) is 22.3. The topological polar surface area (TPSA) is 34.1 Å². The molecule has 2 aliphatic heterocycles. The maximum absolute atomic E-state index is 6.48. The van der Waals surface area contributed by atoms with Gasteiger partial charge in [-0.2, -0.15) is 5.10 Å². The van der Waals surface area contributed by atoms with Gasteiger partial charge in [-0.3, -0.25) is 0 Å². The Hall–Kier alpha value is -2.50. The molecule has 0 radical (unpaired) electrons. The molecule has 0 spiro atoms. The SMILES string of the molecule is CCCCCOc1ccc([C@H]2Oc3ccc(Br)cc3[C@@H]3CC(c4ccc(Cl)cc4)=NN23)cc1. The lowest BCUT2D eigenvalue weighted by atomic mass is 9.96. The van der Waals surface area contributed by atoms with Crippen molar-refractivity contribution in [3.63, 3.8) is 0 Å². The molecular formula is C27H26BrClN2O2. The molecule has 2 aliphatic rings. The van der Waals surface area contributed by atoms with Gasteiger partial charge in [-0.05, 0) is 66.6 Å².